The maximum absolute atomic E-state index is 13.9. The molecule has 0 spiro atoms. The monoisotopic (exact) mass is 546 g/mol. The molecule has 0 bridgehead atoms. The predicted octanol–water partition coefficient (Wildman–Crippen LogP) is 5.12. The first-order chi connectivity index (χ1) is 15.9. The van der Waals surface area contributed by atoms with Crippen LogP contribution < -0.4 is 10.5 Å². The number of anilines is 1. The highest BCUT2D eigenvalue weighted by Gasteiger charge is 2.34. The summed E-state index contributed by atoms with van der Waals surface area (Å²) in [5.74, 6) is -0.238. The molecule has 7 nitrogen and oxygen atoms in total. The molecule has 0 unspecified atom stereocenters. The van der Waals surface area contributed by atoms with Gasteiger partial charge in [-0.1, -0.05) is 6.07 Å². The summed E-state index contributed by atoms with van der Waals surface area (Å²) >= 11 is 3.50. The van der Waals surface area contributed by atoms with Gasteiger partial charge in [0.1, 0.15) is 11.4 Å². The zero-order valence-electron chi connectivity index (χ0n) is 19.7. The Morgan fingerprint density at radius 3 is 2.32 bits per heavy atom. The number of pyridine rings is 1. The highest BCUT2D eigenvalue weighted by Crippen LogP contribution is 2.40. The van der Waals surface area contributed by atoms with E-state index in [1.165, 1.54) is 19.2 Å². The Kier molecular flexibility index (Phi) is 7.38. The highest BCUT2D eigenvalue weighted by molar-refractivity contribution is 9.10. The first-order valence-corrected chi connectivity index (χ1v) is 12.8. The fourth-order valence-electron chi connectivity index (χ4n) is 3.51. The lowest BCUT2D eigenvalue weighted by Crippen LogP contribution is -2.27. The molecule has 34 heavy (non-hydrogen) atoms. The maximum Gasteiger partial charge on any atom is 0.340 e. The second kappa shape index (κ2) is 9.76. The topological polar surface area (TPSA) is 109 Å². The Balaban J connectivity index is 2.36. The number of ether oxygens (including phenoxy) is 2. The van der Waals surface area contributed by atoms with Gasteiger partial charge in [0.05, 0.1) is 28.2 Å². The van der Waals surface area contributed by atoms with Crippen LogP contribution in [0.4, 0.5) is 5.69 Å². The molecular formula is C25H27BrN2O5S. The molecule has 0 saturated carbocycles. The van der Waals surface area contributed by atoms with Crippen molar-refractivity contribution in [2.75, 3.05) is 12.8 Å². The third-order valence-corrected chi connectivity index (χ3v) is 7.97. The van der Waals surface area contributed by atoms with Crippen molar-refractivity contribution in [3.05, 3.63) is 75.5 Å². The molecule has 0 amide bonds. The second-order valence-electron chi connectivity index (χ2n) is 8.75. The van der Waals surface area contributed by atoms with Gasteiger partial charge in [0.2, 0.25) is 9.84 Å². The Morgan fingerprint density at radius 2 is 1.79 bits per heavy atom. The number of nitrogens with two attached hydrogens (primary N) is 1. The minimum Gasteiger partial charge on any atom is -0.497 e. The van der Waals surface area contributed by atoms with Crippen LogP contribution in [0.25, 0.3) is 0 Å². The minimum atomic E-state index is -4.15. The van der Waals surface area contributed by atoms with Crippen LogP contribution >= 0.6 is 15.9 Å². The number of benzene rings is 2. The van der Waals surface area contributed by atoms with Gasteiger partial charge in [-0.2, -0.15) is 0 Å². The van der Waals surface area contributed by atoms with Crippen molar-refractivity contribution in [3.8, 4) is 5.75 Å². The summed E-state index contributed by atoms with van der Waals surface area (Å²) in [6.45, 7) is 6.76. The number of hydrogen-bond donors (Lipinski definition) is 1. The number of nitrogen functional groups attached to an aromatic ring is 1. The zero-order valence-corrected chi connectivity index (χ0v) is 22.1. The smallest absolute Gasteiger partial charge is 0.340 e. The number of sulfone groups is 1. The van der Waals surface area contributed by atoms with Gasteiger partial charge in [-0.3, -0.25) is 4.98 Å². The summed E-state index contributed by atoms with van der Waals surface area (Å²) in [6, 6.07) is 9.58. The SMILES string of the molecule is COc1ccc(S(=O)(=O)c2c(C)c(N)c(Br)c(Cc3cccnc3)c2C(=O)OC(C)(C)C)cc1. The molecule has 0 fully saturated rings. The summed E-state index contributed by atoms with van der Waals surface area (Å²) in [6.07, 6.45) is 3.51. The van der Waals surface area contributed by atoms with E-state index in [9.17, 15) is 13.2 Å². The number of hydrogen-bond acceptors (Lipinski definition) is 7. The van der Waals surface area contributed by atoms with Gasteiger partial charge < -0.3 is 15.2 Å². The number of rotatable bonds is 6. The molecule has 9 heteroatoms. The molecule has 2 N–H and O–H groups in total. The van der Waals surface area contributed by atoms with Crippen LogP contribution in [-0.4, -0.2) is 32.1 Å². The molecule has 0 saturated heterocycles. The fourth-order valence-corrected chi connectivity index (χ4v) is 5.86. The van der Waals surface area contributed by atoms with Crippen molar-refractivity contribution in [2.24, 2.45) is 0 Å². The van der Waals surface area contributed by atoms with Gasteiger partial charge in [-0.15, -0.1) is 0 Å². The van der Waals surface area contributed by atoms with Crippen LogP contribution in [0.5, 0.6) is 5.75 Å². The van der Waals surface area contributed by atoms with E-state index in [0.29, 0.717) is 15.8 Å². The first kappa shape index (κ1) is 25.7. The lowest BCUT2D eigenvalue weighted by atomic mass is 9.97. The van der Waals surface area contributed by atoms with Crippen molar-refractivity contribution in [2.45, 2.75) is 49.5 Å². The number of aromatic nitrogens is 1. The summed E-state index contributed by atoms with van der Waals surface area (Å²) in [5.41, 5.74) is 7.16. The Morgan fingerprint density at radius 1 is 1.15 bits per heavy atom. The fraction of sp³-hybridized carbons (Fsp3) is 0.280. The number of halogens is 1. The van der Waals surface area contributed by atoms with Gasteiger partial charge in [0.15, 0.2) is 0 Å². The molecule has 3 aromatic rings. The van der Waals surface area contributed by atoms with Crippen molar-refractivity contribution in [1.82, 2.24) is 4.98 Å². The molecule has 0 radical (unpaired) electrons. The van der Waals surface area contributed by atoms with E-state index >= 15 is 0 Å². The van der Waals surface area contributed by atoms with Crippen molar-refractivity contribution < 1.29 is 22.7 Å². The molecule has 0 aliphatic heterocycles. The molecule has 0 aliphatic rings. The van der Waals surface area contributed by atoms with Gasteiger partial charge in [0.25, 0.3) is 0 Å². The molecule has 180 valence electrons. The molecular weight excluding hydrogens is 520 g/mol. The molecule has 1 aromatic heterocycles. The minimum absolute atomic E-state index is 0.00950. The Bertz CT molecular complexity index is 1320. The van der Waals surface area contributed by atoms with E-state index in [4.69, 9.17) is 15.2 Å². The number of carbonyl (C=O) groups excluding carboxylic acids is 1. The van der Waals surface area contributed by atoms with Crippen LogP contribution in [0, 0.1) is 6.92 Å². The third-order valence-electron chi connectivity index (χ3n) is 5.12. The number of methoxy groups -OCH3 is 1. The lowest BCUT2D eigenvalue weighted by molar-refractivity contribution is 0.00637. The summed E-state index contributed by atoms with van der Waals surface area (Å²) in [5, 5.41) is 0. The summed E-state index contributed by atoms with van der Waals surface area (Å²) < 4.78 is 39.0. The number of nitrogens with zero attached hydrogens (tertiary/aromatic N) is 1. The standard InChI is InChI=1S/C25H27BrN2O5S/c1-15-22(27)21(26)19(13-16-7-6-12-28-14-16)20(24(29)33-25(2,3)4)23(15)34(30,31)18-10-8-17(32-5)9-11-18/h6-12,14H,13,27H2,1-5H3. The van der Waals surface area contributed by atoms with Crippen LogP contribution in [-0.2, 0) is 21.0 Å². The molecule has 0 aliphatic carbocycles. The van der Waals surface area contributed by atoms with E-state index in [0.717, 1.165) is 5.56 Å². The second-order valence-corrected chi connectivity index (χ2v) is 11.4. The van der Waals surface area contributed by atoms with Gasteiger partial charge in [0, 0.05) is 23.3 Å². The molecule has 0 atom stereocenters. The summed E-state index contributed by atoms with van der Waals surface area (Å²) in [4.78, 5) is 17.5. The van der Waals surface area contributed by atoms with E-state index in [1.54, 1.807) is 58.3 Å². The third kappa shape index (κ3) is 5.26. The van der Waals surface area contributed by atoms with Gasteiger partial charge in [-0.05, 0) is 90.6 Å². The number of carbonyl (C=O) groups is 1. The van der Waals surface area contributed by atoms with Crippen LogP contribution in [0.3, 0.4) is 0 Å². The molecule has 3 rings (SSSR count). The van der Waals surface area contributed by atoms with Crippen LogP contribution in [0.2, 0.25) is 0 Å². The summed E-state index contributed by atoms with van der Waals surface area (Å²) in [7, 11) is -2.66. The first-order valence-electron chi connectivity index (χ1n) is 10.5. The Hall–Kier alpha value is -2.91. The quantitative estimate of drug-likeness (QED) is 0.337. The molecule has 1 heterocycles. The van der Waals surface area contributed by atoms with Crippen molar-refractivity contribution in [3.63, 3.8) is 0 Å². The van der Waals surface area contributed by atoms with E-state index < -0.39 is 21.4 Å². The maximum atomic E-state index is 13.9. The van der Waals surface area contributed by atoms with Crippen LogP contribution in [0.1, 0.15) is 47.8 Å². The Labute approximate surface area is 208 Å². The van der Waals surface area contributed by atoms with Crippen molar-refractivity contribution in [1.29, 1.82) is 0 Å². The predicted molar refractivity (Wildman–Crippen MR) is 134 cm³/mol. The van der Waals surface area contributed by atoms with E-state index in [-0.39, 0.29) is 33.0 Å². The van der Waals surface area contributed by atoms with Gasteiger partial charge >= 0.3 is 5.97 Å². The van der Waals surface area contributed by atoms with Crippen LogP contribution in [0.15, 0.2) is 63.1 Å². The average molecular weight is 547 g/mol. The highest BCUT2D eigenvalue weighted by atomic mass is 79.9. The lowest BCUT2D eigenvalue weighted by Gasteiger charge is -2.25. The number of esters is 1. The van der Waals surface area contributed by atoms with Gasteiger partial charge in [-0.25, -0.2) is 13.2 Å². The normalized spacial score (nSPS) is 11.8. The largest absolute Gasteiger partial charge is 0.497 e. The average Bonchev–Trinajstić information content (AvgIpc) is 2.78. The zero-order chi connectivity index (χ0) is 25.3. The molecule has 2 aromatic carbocycles. The van der Waals surface area contributed by atoms with E-state index in [2.05, 4.69) is 20.9 Å². The van der Waals surface area contributed by atoms with Crippen molar-refractivity contribution >= 4 is 37.4 Å². The van der Waals surface area contributed by atoms with E-state index in [1.807, 2.05) is 6.07 Å².